The lowest BCUT2D eigenvalue weighted by Crippen LogP contribution is -2.33. The van der Waals surface area contributed by atoms with E-state index in [1.165, 1.54) is 7.05 Å². The Morgan fingerprint density at radius 2 is 1.92 bits per heavy atom. The number of ether oxygens (including phenoxy) is 2. The van der Waals surface area contributed by atoms with Gasteiger partial charge >= 0.3 is 5.69 Å². The number of H-pyrrole nitrogens is 1. The van der Waals surface area contributed by atoms with Gasteiger partial charge in [-0.1, -0.05) is 6.92 Å². The summed E-state index contributed by atoms with van der Waals surface area (Å²) >= 11 is 0. The van der Waals surface area contributed by atoms with E-state index in [0.717, 1.165) is 11.0 Å². The summed E-state index contributed by atoms with van der Waals surface area (Å²) in [6.45, 7) is 4.96. The van der Waals surface area contributed by atoms with Crippen LogP contribution in [-0.4, -0.2) is 37.9 Å². The zero-order chi connectivity index (χ0) is 18.7. The van der Waals surface area contributed by atoms with E-state index in [-0.39, 0.29) is 17.0 Å². The Hall–Kier alpha value is -3.23. The third-order valence-electron chi connectivity index (χ3n) is 3.69. The lowest BCUT2D eigenvalue weighted by atomic mass is 10.2. The van der Waals surface area contributed by atoms with Crippen molar-refractivity contribution in [3.63, 3.8) is 0 Å². The average molecular weight is 357 g/mol. The first-order valence-corrected chi connectivity index (χ1v) is 8.28. The minimum atomic E-state index is -0.567. The number of fused-ring (bicyclic) bond motifs is 1. The molecule has 9 nitrogen and oxygen atoms in total. The molecule has 136 valence electrons. The zero-order valence-corrected chi connectivity index (χ0v) is 14.8. The van der Waals surface area contributed by atoms with E-state index in [4.69, 9.17) is 9.47 Å². The Morgan fingerprint density at radius 1 is 1.12 bits per heavy atom. The van der Waals surface area contributed by atoms with Crippen LogP contribution in [0.25, 0.3) is 22.6 Å². The van der Waals surface area contributed by atoms with Crippen LogP contribution in [0.15, 0.2) is 27.8 Å². The molecule has 1 aromatic carbocycles. The lowest BCUT2D eigenvalue weighted by molar-refractivity contribution is 0.277. The summed E-state index contributed by atoms with van der Waals surface area (Å²) in [7, 11) is 1.37. The van der Waals surface area contributed by atoms with Crippen molar-refractivity contribution in [1.82, 2.24) is 24.7 Å². The van der Waals surface area contributed by atoms with Crippen molar-refractivity contribution in [2.45, 2.75) is 20.3 Å². The molecule has 9 heteroatoms. The molecule has 0 amide bonds. The van der Waals surface area contributed by atoms with Crippen molar-refractivity contribution in [2.75, 3.05) is 13.2 Å². The Kier molecular flexibility index (Phi) is 4.97. The van der Waals surface area contributed by atoms with Crippen LogP contribution < -0.4 is 20.7 Å². The normalized spacial score (nSPS) is 10.9. The molecule has 0 atom stereocenters. The molecule has 3 rings (SSSR count). The van der Waals surface area contributed by atoms with Gasteiger partial charge in [0.1, 0.15) is 0 Å². The smallest absolute Gasteiger partial charge is 0.329 e. The van der Waals surface area contributed by atoms with Crippen LogP contribution in [0, 0.1) is 0 Å². The zero-order valence-electron chi connectivity index (χ0n) is 14.8. The van der Waals surface area contributed by atoms with E-state index in [0.29, 0.717) is 30.3 Å². The molecule has 2 aromatic heterocycles. The predicted octanol–water partition coefficient (Wildman–Crippen LogP) is 1.27. The summed E-state index contributed by atoms with van der Waals surface area (Å²) in [4.78, 5) is 30.6. The van der Waals surface area contributed by atoms with Gasteiger partial charge in [-0.3, -0.25) is 14.3 Å². The van der Waals surface area contributed by atoms with Gasteiger partial charge in [0.2, 0.25) is 0 Å². The van der Waals surface area contributed by atoms with E-state index >= 15 is 0 Å². The van der Waals surface area contributed by atoms with Crippen molar-refractivity contribution in [2.24, 2.45) is 7.05 Å². The van der Waals surface area contributed by atoms with Gasteiger partial charge in [-0.25, -0.2) is 9.78 Å². The molecule has 0 radical (unpaired) electrons. The number of hydrogen-bond acceptors (Lipinski definition) is 7. The highest BCUT2D eigenvalue weighted by Crippen LogP contribution is 2.31. The third-order valence-corrected chi connectivity index (χ3v) is 3.69. The van der Waals surface area contributed by atoms with Crippen molar-refractivity contribution in [3.05, 3.63) is 39.0 Å². The fourth-order valence-electron chi connectivity index (χ4n) is 2.36. The topological polar surface area (TPSA) is 112 Å². The number of aromatic amines is 1. The van der Waals surface area contributed by atoms with Gasteiger partial charge in [0.05, 0.1) is 13.2 Å². The SMILES string of the molecule is CCCOc1ccc(-c2nnc3[nH]c(=O)n(C)c(=O)c3n2)cc1OCC. The fourth-order valence-corrected chi connectivity index (χ4v) is 2.36. The summed E-state index contributed by atoms with van der Waals surface area (Å²) in [6.07, 6.45) is 0.881. The predicted molar refractivity (Wildman–Crippen MR) is 95.6 cm³/mol. The number of nitrogens with zero attached hydrogens (tertiary/aromatic N) is 4. The number of rotatable bonds is 6. The van der Waals surface area contributed by atoms with Crippen LogP contribution in [0.1, 0.15) is 20.3 Å². The summed E-state index contributed by atoms with van der Waals surface area (Å²) in [5.74, 6) is 1.45. The lowest BCUT2D eigenvalue weighted by Gasteiger charge is -2.12. The van der Waals surface area contributed by atoms with Gasteiger partial charge in [0, 0.05) is 12.6 Å². The van der Waals surface area contributed by atoms with Crippen LogP contribution in [0.3, 0.4) is 0 Å². The number of nitrogens with one attached hydrogen (secondary N) is 1. The molecule has 0 spiro atoms. The molecular formula is C17H19N5O4. The number of aromatic nitrogens is 5. The summed E-state index contributed by atoms with van der Waals surface area (Å²) < 4.78 is 12.2. The Bertz CT molecular complexity index is 1060. The van der Waals surface area contributed by atoms with E-state index in [9.17, 15) is 9.59 Å². The van der Waals surface area contributed by atoms with Crippen molar-refractivity contribution >= 4 is 11.2 Å². The molecule has 2 heterocycles. The molecule has 0 saturated heterocycles. The Labute approximate surface area is 148 Å². The second-order valence-corrected chi connectivity index (χ2v) is 5.57. The largest absolute Gasteiger partial charge is 0.490 e. The second-order valence-electron chi connectivity index (χ2n) is 5.57. The van der Waals surface area contributed by atoms with Gasteiger partial charge in [0.25, 0.3) is 5.56 Å². The molecular weight excluding hydrogens is 338 g/mol. The van der Waals surface area contributed by atoms with Crippen LogP contribution in [-0.2, 0) is 7.05 Å². The minimum Gasteiger partial charge on any atom is -0.490 e. The first-order chi connectivity index (χ1) is 12.5. The quantitative estimate of drug-likeness (QED) is 0.707. The molecule has 0 fully saturated rings. The summed E-state index contributed by atoms with van der Waals surface area (Å²) in [6, 6.07) is 5.29. The van der Waals surface area contributed by atoms with Gasteiger partial charge in [-0.05, 0) is 31.5 Å². The highest BCUT2D eigenvalue weighted by molar-refractivity contribution is 5.71. The number of hydrogen-bond donors (Lipinski definition) is 1. The summed E-state index contributed by atoms with van der Waals surface area (Å²) in [5.41, 5.74) is -0.383. The van der Waals surface area contributed by atoms with Crippen LogP contribution in [0.5, 0.6) is 11.5 Å². The standard InChI is InChI=1S/C17H19N5O4/c1-4-8-26-11-7-6-10(9-12(11)25-5-2)14-18-13-15(21-20-14)19-17(24)22(3)16(13)23/h6-7,9H,4-5,8H2,1-3H3,(H,19,21,24). The molecule has 0 unspecified atom stereocenters. The maximum absolute atomic E-state index is 12.2. The molecule has 0 aliphatic rings. The monoisotopic (exact) mass is 357 g/mol. The van der Waals surface area contributed by atoms with Crippen LogP contribution in [0.4, 0.5) is 0 Å². The van der Waals surface area contributed by atoms with Crippen molar-refractivity contribution in [3.8, 4) is 22.9 Å². The van der Waals surface area contributed by atoms with Gasteiger partial charge in [0.15, 0.2) is 28.5 Å². The van der Waals surface area contributed by atoms with Gasteiger partial charge in [-0.15, -0.1) is 10.2 Å². The van der Waals surface area contributed by atoms with Crippen molar-refractivity contribution < 1.29 is 9.47 Å². The maximum atomic E-state index is 12.2. The molecule has 0 bridgehead atoms. The minimum absolute atomic E-state index is 0.0429. The summed E-state index contributed by atoms with van der Waals surface area (Å²) in [5, 5.41) is 7.92. The van der Waals surface area contributed by atoms with Gasteiger partial charge in [-0.2, -0.15) is 0 Å². The first kappa shape index (κ1) is 17.6. The molecule has 0 saturated carbocycles. The Morgan fingerprint density at radius 3 is 2.65 bits per heavy atom. The highest BCUT2D eigenvalue weighted by Gasteiger charge is 2.13. The molecule has 0 aliphatic carbocycles. The van der Waals surface area contributed by atoms with E-state index < -0.39 is 11.2 Å². The molecule has 0 aliphatic heterocycles. The third kappa shape index (κ3) is 3.28. The second kappa shape index (κ2) is 7.34. The van der Waals surface area contributed by atoms with E-state index in [2.05, 4.69) is 20.2 Å². The van der Waals surface area contributed by atoms with Crippen LogP contribution >= 0.6 is 0 Å². The molecule has 3 aromatic rings. The Balaban J connectivity index is 2.09. The average Bonchev–Trinajstić information content (AvgIpc) is 2.65. The highest BCUT2D eigenvalue weighted by atomic mass is 16.5. The first-order valence-electron chi connectivity index (χ1n) is 8.28. The fraction of sp³-hybridized carbons (Fsp3) is 0.353. The van der Waals surface area contributed by atoms with Crippen LogP contribution in [0.2, 0.25) is 0 Å². The van der Waals surface area contributed by atoms with Crippen molar-refractivity contribution in [1.29, 1.82) is 0 Å². The molecule has 1 N–H and O–H groups in total. The maximum Gasteiger partial charge on any atom is 0.329 e. The van der Waals surface area contributed by atoms with Gasteiger partial charge < -0.3 is 9.47 Å². The molecule has 26 heavy (non-hydrogen) atoms. The van der Waals surface area contributed by atoms with E-state index in [1.54, 1.807) is 18.2 Å². The van der Waals surface area contributed by atoms with E-state index in [1.807, 2.05) is 13.8 Å². The number of benzene rings is 1.